The second-order valence-corrected chi connectivity index (χ2v) is 4.03. The van der Waals surface area contributed by atoms with Crippen molar-refractivity contribution in [3.63, 3.8) is 0 Å². The quantitative estimate of drug-likeness (QED) is 0.731. The van der Waals surface area contributed by atoms with E-state index in [4.69, 9.17) is 10.5 Å². The Labute approximate surface area is 105 Å². The zero-order valence-electron chi connectivity index (χ0n) is 10.3. The van der Waals surface area contributed by atoms with E-state index in [0.29, 0.717) is 6.54 Å². The number of rotatable bonds is 5. The lowest BCUT2D eigenvalue weighted by atomic mass is 10.1. The first-order valence-electron chi connectivity index (χ1n) is 5.85. The molecule has 5 heteroatoms. The van der Waals surface area contributed by atoms with Gasteiger partial charge < -0.3 is 20.8 Å². The van der Waals surface area contributed by atoms with E-state index < -0.39 is 0 Å². The lowest BCUT2D eigenvalue weighted by Gasteiger charge is -2.03. The first-order chi connectivity index (χ1) is 8.74. The van der Waals surface area contributed by atoms with E-state index in [1.54, 1.807) is 7.11 Å². The highest BCUT2D eigenvalue weighted by molar-refractivity contribution is 5.84. The molecule has 0 fully saturated rings. The molecule has 2 rings (SSSR count). The number of nitrogens with one attached hydrogen (secondary N) is 2. The van der Waals surface area contributed by atoms with Gasteiger partial charge in [0.15, 0.2) is 0 Å². The Morgan fingerprint density at radius 1 is 1.50 bits per heavy atom. The number of aromatic nitrogens is 1. The highest BCUT2D eigenvalue weighted by atomic mass is 16.5. The van der Waals surface area contributed by atoms with Crippen LogP contribution in [0.2, 0.25) is 0 Å². The van der Waals surface area contributed by atoms with Crippen LogP contribution in [0, 0.1) is 0 Å². The van der Waals surface area contributed by atoms with E-state index in [9.17, 15) is 4.79 Å². The molecule has 5 nitrogen and oxygen atoms in total. The molecular weight excluding hydrogens is 230 g/mol. The van der Waals surface area contributed by atoms with Crippen LogP contribution in [-0.2, 0) is 11.2 Å². The first-order valence-corrected chi connectivity index (χ1v) is 5.85. The zero-order chi connectivity index (χ0) is 13.0. The van der Waals surface area contributed by atoms with Gasteiger partial charge in [-0.15, -0.1) is 0 Å². The van der Waals surface area contributed by atoms with Crippen molar-refractivity contribution in [3.8, 4) is 5.75 Å². The number of H-pyrrole nitrogens is 1. The summed E-state index contributed by atoms with van der Waals surface area (Å²) >= 11 is 0. The molecule has 0 aliphatic heterocycles. The second-order valence-electron chi connectivity index (χ2n) is 4.03. The van der Waals surface area contributed by atoms with Crippen LogP contribution in [-0.4, -0.2) is 31.1 Å². The van der Waals surface area contributed by atoms with E-state index in [1.165, 1.54) is 0 Å². The SMILES string of the molecule is COc1ccc2[nH]cc(CCNC(=O)CN)c2c1. The fraction of sp³-hybridized carbons (Fsp3) is 0.308. The van der Waals surface area contributed by atoms with Crippen molar-refractivity contribution in [2.24, 2.45) is 5.73 Å². The molecule has 0 aliphatic rings. The summed E-state index contributed by atoms with van der Waals surface area (Å²) in [5, 5.41) is 3.88. The summed E-state index contributed by atoms with van der Waals surface area (Å²) in [5.74, 6) is 0.696. The minimum atomic E-state index is -0.132. The molecule has 4 N–H and O–H groups in total. The highest BCUT2D eigenvalue weighted by Gasteiger charge is 2.05. The lowest BCUT2D eigenvalue weighted by molar-refractivity contribution is -0.119. The predicted molar refractivity (Wildman–Crippen MR) is 70.6 cm³/mol. The minimum absolute atomic E-state index is 0.0295. The van der Waals surface area contributed by atoms with E-state index >= 15 is 0 Å². The minimum Gasteiger partial charge on any atom is -0.497 e. The Morgan fingerprint density at radius 2 is 2.33 bits per heavy atom. The molecule has 0 bridgehead atoms. The van der Waals surface area contributed by atoms with Gasteiger partial charge in [0.1, 0.15) is 5.75 Å². The van der Waals surface area contributed by atoms with Crippen molar-refractivity contribution < 1.29 is 9.53 Å². The fourth-order valence-electron chi connectivity index (χ4n) is 1.90. The van der Waals surface area contributed by atoms with Crippen molar-refractivity contribution in [1.82, 2.24) is 10.3 Å². The van der Waals surface area contributed by atoms with E-state index in [1.807, 2.05) is 24.4 Å². The lowest BCUT2D eigenvalue weighted by Crippen LogP contribution is -2.31. The first kappa shape index (κ1) is 12.4. The monoisotopic (exact) mass is 247 g/mol. The molecule has 0 saturated carbocycles. The number of nitrogens with two attached hydrogens (primary N) is 1. The van der Waals surface area contributed by atoms with Gasteiger partial charge in [-0.05, 0) is 30.2 Å². The Morgan fingerprint density at radius 3 is 3.06 bits per heavy atom. The zero-order valence-corrected chi connectivity index (χ0v) is 10.3. The summed E-state index contributed by atoms with van der Waals surface area (Å²) in [5.41, 5.74) is 7.44. The number of benzene rings is 1. The van der Waals surface area contributed by atoms with Crippen LogP contribution in [0.3, 0.4) is 0 Å². The van der Waals surface area contributed by atoms with Crippen LogP contribution in [0.4, 0.5) is 0 Å². The number of carbonyl (C=O) groups excluding carboxylic acids is 1. The Hall–Kier alpha value is -2.01. The van der Waals surface area contributed by atoms with Crippen LogP contribution < -0.4 is 15.8 Å². The van der Waals surface area contributed by atoms with E-state index in [2.05, 4.69) is 10.3 Å². The summed E-state index contributed by atoms with van der Waals surface area (Å²) in [7, 11) is 1.65. The van der Waals surface area contributed by atoms with E-state index in [-0.39, 0.29) is 12.5 Å². The number of hydrogen-bond donors (Lipinski definition) is 3. The average molecular weight is 247 g/mol. The molecule has 1 aromatic heterocycles. The average Bonchev–Trinajstić information content (AvgIpc) is 2.81. The van der Waals surface area contributed by atoms with Crippen LogP contribution in [0.25, 0.3) is 10.9 Å². The van der Waals surface area contributed by atoms with E-state index in [0.717, 1.165) is 28.6 Å². The third-order valence-corrected chi connectivity index (χ3v) is 2.88. The number of methoxy groups -OCH3 is 1. The van der Waals surface area contributed by atoms with Crippen molar-refractivity contribution in [2.75, 3.05) is 20.2 Å². The van der Waals surface area contributed by atoms with Gasteiger partial charge in [-0.2, -0.15) is 0 Å². The van der Waals surface area contributed by atoms with Gasteiger partial charge in [0.25, 0.3) is 0 Å². The molecule has 1 aromatic carbocycles. The van der Waals surface area contributed by atoms with Crippen molar-refractivity contribution >= 4 is 16.8 Å². The molecule has 0 aliphatic carbocycles. The normalized spacial score (nSPS) is 10.6. The Kier molecular flexibility index (Phi) is 3.84. The van der Waals surface area contributed by atoms with Crippen LogP contribution in [0.15, 0.2) is 24.4 Å². The molecule has 0 spiro atoms. The van der Waals surface area contributed by atoms with Crippen LogP contribution in [0.1, 0.15) is 5.56 Å². The summed E-state index contributed by atoms with van der Waals surface area (Å²) in [6.07, 6.45) is 2.72. The molecule has 2 aromatic rings. The number of aromatic amines is 1. The summed E-state index contributed by atoms with van der Waals surface area (Å²) in [6, 6.07) is 5.89. The third-order valence-electron chi connectivity index (χ3n) is 2.88. The molecular formula is C13H17N3O2. The fourth-order valence-corrected chi connectivity index (χ4v) is 1.90. The number of fused-ring (bicyclic) bond motifs is 1. The number of amides is 1. The number of hydrogen-bond acceptors (Lipinski definition) is 3. The molecule has 1 heterocycles. The van der Waals surface area contributed by atoms with Gasteiger partial charge >= 0.3 is 0 Å². The van der Waals surface area contributed by atoms with Crippen molar-refractivity contribution in [2.45, 2.75) is 6.42 Å². The van der Waals surface area contributed by atoms with Gasteiger partial charge in [-0.25, -0.2) is 0 Å². The Balaban J connectivity index is 2.10. The molecule has 18 heavy (non-hydrogen) atoms. The smallest absolute Gasteiger partial charge is 0.233 e. The maximum Gasteiger partial charge on any atom is 0.233 e. The van der Waals surface area contributed by atoms with Gasteiger partial charge in [0, 0.05) is 23.6 Å². The van der Waals surface area contributed by atoms with Crippen molar-refractivity contribution in [1.29, 1.82) is 0 Å². The van der Waals surface area contributed by atoms with Gasteiger partial charge in [-0.3, -0.25) is 4.79 Å². The highest BCUT2D eigenvalue weighted by Crippen LogP contribution is 2.23. The van der Waals surface area contributed by atoms with Gasteiger partial charge in [-0.1, -0.05) is 0 Å². The maximum absolute atomic E-state index is 11.0. The van der Waals surface area contributed by atoms with Gasteiger partial charge in [0.05, 0.1) is 13.7 Å². The van der Waals surface area contributed by atoms with Crippen molar-refractivity contribution in [3.05, 3.63) is 30.0 Å². The molecule has 0 radical (unpaired) electrons. The predicted octanol–water partition coefficient (Wildman–Crippen LogP) is 0.794. The largest absolute Gasteiger partial charge is 0.497 e. The Bertz CT molecular complexity index is 548. The van der Waals surface area contributed by atoms with Crippen LogP contribution >= 0.6 is 0 Å². The third kappa shape index (κ3) is 2.62. The molecule has 0 saturated heterocycles. The molecule has 1 amide bonds. The number of ether oxygens (including phenoxy) is 1. The standard InChI is InChI=1S/C13H17N3O2/c1-18-10-2-3-12-11(6-10)9(8-16-12)4-5-15-13(17)7-14/h2-3,6,8,16H,4-5,7,14H2,1H3,(H,15,17). The molecule has 0 unspecified atom stereocenters. The second kappa shape index (κ2) is 5.55. The van der Waals surface area contributed by atoms with Gasteiger partial charge in [0.2, 0.25) is 5.91 Å². The molecule has 0 atom stereocenters. The number of carbonyl (C=O) groups is 1. The summed E-state index contributed by atoms with van der Waals surface area (Å²) in [4.78, 5) is 14.2. The summed E-state index contributed by atoms with van der Waals surface area (Å²) < 4.78 is 5.21. The topological polar surface area (TPSA) is 80.1 Å². The molecule has 96 valence electrons. The van der Waals surface area contributed by atoms with Crippen LogP contribution in [0.5, 0.6) is 5.75 Å². The maximum atomic E-state index is 11.0. The summed E-state index contributed by atoms with van der Waals surface area (Å²) in [6.45, 7) is 0.613.